The normalized spacial score (nSPS) is 9.71. The van der Waals surface area contributed by atoms with E-state index in [9.17, 15) is 9.36 Å². The second-order valence-corrected chi connectivity index (χ2v) is 3.72. The number of aryl methyl sites for hydroxylation is 1. The summed E-state index contributed by atoms with van der Waals surface area (Å²) in [5.41, 5.74) is 5.40. The number of oxazole rings is 1. The molecule has 2 N–H and O–H groups in total. The molecule has 0 bridgehead atoms. The second kappa shape index (κ2) is 6.94. The van der Waals surface area contributed by atoms with Crippen LogP contribution in [0.1, 0.15) is 42.4 Å². The van der Waals surface area contributed by atoms with Crippen LogP contribution in [0.2, 0.25) is 0 Å². The van der Waals surface area contributed by atoms with Crippen LogP contribution >= 0.6 is 7.92 Å². The molecule has 0 spiro atoms. The number of nitrogens with two attached hydrogens (primary N) is 1. The van der Waals surface area contributed by atoms with Crippen LogP contribution in [0, 0.1) is 5.81 Å². The Balaban J connectivity index is 2.78. The fraction of sp³-hybridized carbons (Fsp3) is 0.500. The van der Waals surface area contributed by atoms with Gasteiger partial charge in [0.25, 0.3) is 0 Å². The van der Waals surface area contributed by atoms with Gasteiger partial charge in [-0.05, 0) is 0 Å². The molecule has 1 aromatic heterocycles. The van der Waals surface area contributed by atoms with Crippen LogP contribution < -0.4 is 5.73 Å². The van der Waals surface area contributed by atoms with Crippen LogP contribution in [0.25, 0.3) is 0 Å². The molecule has 17 heavy (non-hydrogen) atoms. The molecule has 6 nitrogen and oxygen atoms in total. The van der Waals surface area contributed by atoms with E-state index in [2.05, 4.69) is 16.6 Å². The monoisotopic (exact) mass is 256 g/mol. The Kier molecular flexibility index (Phi) is 5.53. The number of rotatable bonds is 5. The van der Waals surface area contributed by atoms with E-state index < -0.39 is 13.9 Å². The van der Waals surface area contributed by atoms with Crippen molar-refractivity contribution >= 4 is 19.9 Å². The molecule has 0 amide bonds. The van der Waals surface area contributed by atoms with Gasteiger partial charge in [-0.15, -0.1) is 0 Å². The van der Waals surface area contributed by atoms with E-state index >= 15 is 0 Å². The summed E-state index contributed by atoms with van der Waals surface area (Å²) in [7, 11) is -0.503. The number of hydrogen-bond donors (Lipinski definition) is 1. The van der Waals surface area contributed by atoms with Crippen LogP contribution in [0.15, 0.2) is 4.42 Å². The van der Waals surface area contributed by atoms with Crippen molar-refractivity contribution in [3.8, 4) is 5.81 Å². The molecule has 0 aliphatic heterocycles. The van der Waals surface area contributed by atoms with Crippen molar-refractivity contribution in [1.29, 1.82) is 0 Å². The summed E-state index contributed by atoms with van der Waals surface area (Å²) >= 11 is 0. The van der Waals surface area contributed by atoms with E-state index in [1.54, 1.807) is 0 Å². The average molecular weight is 256 g/mol. The molecule has 7 heteroatoms. The fourth-order valence-corrected chi connectivity index (χ4v) is 1.46. The van der Waals surface area contributed by atoms with Gasteiger partial charge < -0.3 is 0 Å². The molecule has 92 valence electrons. The number of nitrogen functional groups attached to an aromatic ring is 1. The van der Waals surface area contributed by atoms with Gasteiger partial charge in [-0.3, -0.25) is 0 Å². The van der Waals surface area contributed by atoms with Gasteiger partial charge >= 0.3 is 99.0 Å². The number of nitrogens with zero attached hydrogens (tertiary/aromatic N) is 1. The predicted octanol–water partition coefficient (Wildman–Crippen LogP) is 2.35. The standard InChI is InChI=1S/C10H13N2O4P/c1-2-3-4-5-7-8(12-10(11)16-7)9(13)15-6-17-14/h2-5H2,1H3,(H2,11,12). The topological polar surface area (TPSA) is 95.4 Å². The zero-order chi connectivity index (χ0) is 12.7. The molecule has 0 radical (unpaired) electrons. The Morgan fingerprint density at radius 3 is 3.00 bits per heavy atom. The zero-order valence-corrected chi connectivity index (χ0v) is 10.3. The molecule has 0 atom stereocenters. The molecule has 0 aromatic carbocycles. The van der Waals surface area contributed by atoms with Crippen molar-refractivity contribution in [2.75, 3.05) is 5.73 Å². The van der Waals surface area contributed by atoms with E-state index in [1.165, 1.54) is 0 Å². The molecule has 0 unspecified atom stereocenters. The molecule has 0 aliphatic rings. The Labute approximate surface area is 99.7 Å². The maximum atomic E-state index is 11.5. The first-order valence-electron chi connectivity index (χ1n) is 5.22. The quantitative estimate of drug-likeness (QED) is 0.493. The fourth-order valence-electron chi connectivity index (χ4n) is 1.34. The number of ether oxygens (including phenoxy) is 1. The van der Waals surface area contributed by atoms with E-state index in [1.807, 2.05) is 5.81 Å². The van der Waals surface area contributed by atoms with Crippen LogP contribution in [-0.4, -0.2) is 11.0 Å². The molecule has 1 rings (SSSR count). The third-order valence-corrected chi connectivity index (χ3v) is 2.26. The van der Waals surface area contributed by atoms with Gasteiger partial charge in [0.2, 0.25) is 0 Å². The predicted molar refractivity (Wildman–Crippen MR) is 61.1 cm³/mol. The molecule has 1 aromatic rings. The van der Waals surface area contributed by atoms with E-state index in [4.69, 9.17) is 10.2 Å². The molecule has 0 saturated heterocycles. The Hall–Kier alpha value is -1.51. The minimum atomic E-state index is -0.764. The molecule has 0 aliphatic carbocycles. The Morgan fingerprint density at radius 2 is 2.35 bits per heavy atom. The Bertz CT molecular complexity index is 491. The van der Waals surface area contributed by atoms with Crippen molar-refractivity contribution < 1.29 is 18.5 Å². The first kappa shape index (κ1) is 13.6. The molecule has 0 fully saturated rings. The second-order valence-electron chi connectivity index (χ2n) is 3.35. The SMILES string of the molecule is CCCCCc1oc(N)nc1C(=O)OC#P=O. The van der Waals surface area contributed by atoms with Gasteiger partial charge in [0.1, 0.15) is 0 Å². The number of esters is 1. The van der Waals surface area contributed by atoms with Crippen LogP contribution in [0.5, 0.6) is 0 Å². The van der Waals surface area contributed by atoms with Gasteiger partial charge in [0.05, 0.1) is 0 Å². The molecule has 0 saturated carbocycles. The average Bonchev–Trinajstić information content (AvgIpc) is 2.68. The summed E-state index contributed by atoms with van der Waals surface area (Å²) < 4.78 is 19.6. The summed E-state index contributed by atoms with van der Waals surface area (Å²) in [4.78, 5) is 15.2. The van der Waals surface area contributed by atoms with Crippen molar-refractivity contribution in [3.05, 3.63) is 11.5 Å². The van der Waals surface area contributed by atoms with Crippen LogP contribution in [0.3, 0.4) is 0 Å². The van der Waals surface area contributed by atoms with Gasteiger partial charge in [-0.1, -0.05) is 0 Å². The van der Waals surface area contributed by atoms with Crippen LogP contribution in [0.4, 0.5) is 6.01 Å². The van der Waals surface area contributed by atoms with Crippen molar-refractivity contribution in [2.45, 2.75) is 32.6 Å². The summed E-state index contributed by atoms with van der Waals surface area (Å²) in [6.45, 7) is 2.07. The minimum absolute atomic E-state index is 0.0229. The molecular weight excluding hydrogens is 243 g/mol. The van der Waals surface area contributed by atoms with Crippen molar-refractivity contribution in [1.82, 2.24) is 4.98 Å². The third kappa shape index (κ3) is 4.10. The maximum absolute atomic E-state index is 11.5. The number of carbonyl (C=O) groups is 1. The van der Waals surface area contributed by atoms with Crippen molar-refractivity contribution in [2.24, 2.45) is 0 Å². The van der Waals surface area contributed by atoms with Crippen LogP contribution in [-0.2, 0) is 15.7 Å². The van der Waals surface area contributed by atoms with Gasteiger partial charge in [-0.2, -0.15) is 0 Å². The third-order valence-electron chi connectivity index (χ3n) is 2.09. The summed E-state index contributed by atoms with van der Waals surface area (Å²) in [5.74, 6) is 1.53. The number of carbonyl (C=O) groups excluding carboxylic acids is 1. The summed E-state index contributed by atoms with van der Waals surface area (Å²) in [5, 5.41) is 0. The number of unbranched alkanes of at least 4 members (excludes halogenated alkanes) is 2. The van der Waals surface area contributed by atoms with E-state index in [-0.39, 0.29) is 11.7 Å². The first-order valence-corrected chi connectivity index (χ1v) is 6.04. The number of hydrogen-bond acceptors (Lipinski definition) is 6. The molecular formula is C10H13N2O4P. The zero-order valence-electron chi connectivity index (χ0n) is 9.43. The van der Waals surface area contributed by atoms with Crippen molar-refractivity contribution in [3.63, 3.8) is 0 Å². The van der Waals surface area contributed by atoms with E-state index in [0.29, 0.717) is 12.2 Å². The summed E-state index contributed by atoms with van der Waals surface area (Å²) in [6, 6.07) is -0.0804. The van der Waals surface area contributed by atoms with E-state index in [0.717, 1.165) is 19.3 Å². The van der Waals surface area contributed by atoms with Gasteiger partial charge in [0, 0.05) is 0 Å². The summed E-state index contributed by atoms with van der Waals surface area (Å²) in [6.07, 6.45) is 3.52. The Morgan fingerprint density at radius 1 is 1.59 bits per heavy atom. The molecule has 1 heterocycles. The first-order chi connectivity index (χ1) is 8.19. The number of aromatic nitrogens is 1. The van der Waals surface area contributed by atoms with Gasteiger partial charge in [-0.25, -0.2) is 0 Å². The van der Waals surface area contributed by atoms with Gasteiger partial charge in [0.15, 0.2) is 0 Å². The number of anilines is 1.